The fourth-order valence-electron chi connectivity index (χ4n) is 2.14. The maximum atomic E-state index is 11.9. The number of urea groups is 1. The van der Waals surface area contributed by atoms with Gasteiger partial charge in [-0.2, -0.15) is 11.8 Å². The summed E-state index contributed by atoms with van der Waals surface area (Å²) in [6.45, 7) is 0.635. The number of amides is 2. The molecular weight excluding hydrogens is 356 g/mol. The standard InChI is InChI=1S/C14H17BrN2O3S/c15-10-5-9(13(18)19)6-11(7-10)17-14(20)16-8-12-3-1-2-4-21-12/h5-7,12H,1-4,8H2,(H,18,19)(H2,16,17,20). The van der Waals surface area contributed by atoms with E-state index in [9.17, 15) is 9.59 Å². The lowest BCUT2D eigenvalue weighted by Gasteiger charge is -2.21. The second-order valence-corrected chi connectivity index (χ2v) is 7.18. The molecule has 5 nitrogen and oxygen atoms in total. The molecule has 1 aliphatic heterocycles. The number of anilines is 1. The van der Waals surface area contributed by atoms with Crippen molar-refractivity contribution in [3.8, 4) is 0 Å². The molecule has 7 heteroatoms. The van der Waals surface area contributed by atoms with Crippen molar-refractivity contribution in [3.63, 3.8) is 0 Å². The summed E-state index contributed by atoms with van der Waals surface area (Å²) < 4.78 is 0.612. The Morgan fingerprint density at radius 2 is 2.14 bits per heavy atom. The van der Waals surface area contributed by atoms with Gasteiger partial charge in [0.1, 0.15) is 0 Å². The molecule has 0 aromatic heterocycles. The first-order valence-electron chi connectivity index (χ1n) is 6.75. The van der Waals surface area contributed by atoms with Crippen molar-refractivity contribution in [2.75, 3.05) is 17.6 Å². The van der Waals surface area contributed by atoms with E-state index < -0.39 is 5.97 Å². The molecular formula is C14H17BrN2O3S. The molecule has 1 atom stereocenters. The topological polar surface area (TPSA) is 78.4 Å². The van der Waals surface area contributed by atoms with Gasteiger partial charge in [-0.15, -0.1) is 0 Å². The quantitative estimate of drug-likeness (QED) is 0.754. The summed E-state index contributed by atoms with van der Waals surface area (Å²) >= 11 is 5.13. The van der Waals surface area contributed by atoms with Crippen molar-refractivity contribution in [2.45, 2.75) is 24.5 Å². The molecule has 2 amide bonds. The lowest BCUT2D eigenvalue weighted by molar-refractivity contribution is 0.0697. The Bertz CT molecular complexity index is 533. The molecule has 0 aliphatic carbocycles. The molecule has 0 bridgehead atoms. The van der Waals surface area contributed by atoms with Gasteiger partial charge in [0.05, 0.1) is 5.56 Å². The van der Waals surface area contributed by atoms with Crippen LogP contribution in [0.2, 0.25) is 0 Å². The number of hydrogen-bond donors (Lipinski definition) is 3. The third-order valence-corrected chi connectivity index (χ3v) is 5.02. The van der Waals surface area contributed by atoms with Crippen molar-refractivity contribution in [1.29, 1.82) is 0 Å². The molecule has 1 aromatic rings. The number of benzene rings is 1. The van der Waals surface area contributed by atoms with Crippen LogP contribution in [0.3, 0.4) is 0 Å². The average Bonchev–Trinajstić information content (AvgIpc) is 2.45. The number of hydrogen-bond acceptors (Lipinski definition) is 3. The maximum Gasteiger partial charge on any atom is 0.335 e. The van der Waals surface area contributed by atoms with Gasteiger partial charge in [0, 0.05) is 22.0 Å². The van der Waals surface area contributed by atoms with Gasteiger partial charge in [-0.1, -0.05) is 22.4 Å². The van der Waals surface area contributed by atoms with E-state index >= 15 is 0 Å². The van der Waals surface area contributed by atoms with Gasteiger partial charge in [-0.05, 0) is 36.8 Å². The minimum Gasteiger partial charge on any atom is -0.478 e. The van der Waals surface area contributed by atoms with Crippen molar-refractivity contribution in [2.24, 2.45) is 0 Å². The Morgan fingerprint density at radius 3 is 2.81 bits per heavy atom. The van der Waals surface area contributed by atoms with Crippen LogP contribution in [0.5, 0.6) is 0 Å². The van der Waals surface area contributed by atoms with Gasteiger partial charge in [-0.25, -0.2) is 9.59 Å². The van der Waals surface area contributed by atoms with Gasteiger partial charge in [0.15, 0.2) is 0 Å². The van der Waals surface area contributed by atoms with Crippen LogP contribution in [0.25, 0.3) is 0 Å². The van der Waals surface area contributed by atoms with E-state index in [1.54, 1.807) is 6.07 Å². The molecule has 0 radical (unpaired) electrons. The number of halogens is 1. The largest absolute Gasteiger partial charge is 0.478 e. The zero-order valence-electron chi connectivity index (χ0n) is 11.4. The normalized spacial score (nSPS) is 18.0. The van der Waals surface area contributed by atoms with E-state index in [1.807, 2.05) is 11.8 Å². The molecule has 1 unspecified atom stereocenters. The van der Waals surface area contributed by atoms with Crippen LogP contribution < -0.4 is 10.6 Å². The fraction of sp³-hybridized carbons (Fsp3) is 0.429. The third-order valence-electron chi connectivity index (χ3n) is 3.17. The van der Waals surface area contributed by atoms with Crippen LogP contribution in [0.4, 0.5) is 10.5 Å². The highest BCUT2D eigenvalue weighted by molar-refractivity contribution is 9.10. The number of thioether (sulfide) groups is 1. The molecule has 3 N–H and O–H groups in total. The lowest BCUT2D eigenvalue weighted by atomic mass is 10.2. The molecule has 1 saturated heterocycles. The van der Waals surface area contributed by atoms with Crippen LogP contribution in [-0.4, -0.2) is 34.7 Å². The van der Waals surface area contributed by atoms with Crippen molar-refractivity contribution >= 4 is 45.4 Å². The number of nitrogens with one attached hydrogen (secondary N) is 2. The number of carbonyl (C=O) groups is 2. The predicted octanol–water partition coefficient (Wildman–Crippen LogP) is 3.55. The van der Waals surface area contributed by atoms with Crippen molar-refractivity contribution < 1.29 is 14.7 Å². The van der Waals surface area contributed by atoms with Crippen LogP contribution in [-0.2, 0) is 0 Å². The highest BCUT2D eigenvalue weighted by Crippen LogP contribution is 2.24. The summed E-state index contributed by atoms with van der Waals surface area (Å²) in [5.41, 5.74) is 0.582. The summed E-state index contributed by atoms with van der Waals surface area (Å²) in [6.07, 6.45) is 3.60. The third kappa shape index (κ3) is 5.24. The summed E-state index contributed by atoms with van der Waals surface area (Å²) in [7, 11) is 0. The van der Waals surface area contributed by atoms with Crippen LogP contribution in [0, 0.1) is 0 Å². The van der Waals surface area contributed by atoms with Gasteiger partial charge in [-0.3, -0.25) is 0 Å². The Hall–Kier alpha value is -1.21. The number of rotatable bonds is 4. The van der Waals surface area contributed by atoms with Crippen LogP contribution in [0.1, 0.15) is 29.6 Å². The number of carboxylic acid groups (broad SMARTS) is 1. The van der Waals surface area contributed by atoms with E-state index in [1.165, 1.54) is 25.0 Å². The molecule has 1 heterocycles. The van der Waals surface area contributed by atoms with Crippen LogP contribution >= 0.6 is 27.7 Å². The van der Waals surface area contributed by atoms with E-state index in [4.69, 9.17) is 5.11 Å². The summed E-state index contributed by atoms with van der Waals surface area (Å²) in [5.74, 6) is 0.125. The molecule has 0 saturated carbocycles. The molecule has 1 aliphatic rings. The van der Waals surface area contributed by atoms with Gasteiger partial charge < -0.3 is 15.7 Å². The number of aromatic carboxylic acids is 1. The number of carbonyl (C=O) groups excluding carboxylic acids is 1. The Morgan fingerprint density at radius 1 is 1.33 bits per heavy atom. The monoisotopic (exact) mass is 372 g/mol. The molecule has 1 fully saturated rings. The van der Waals surface area contributed by atoms with E-state index in [0.717, 1.165) is 12.2 Å². The first-order valence-corrected chi connectivity index (χ1v) is 8.59. The van der Waals surface area contributed by atoms with E-state index in [0.29, 0.717) is 22.0 Å². The fourth-order valence-corrected chi connectivity index (χ4v) is 3.87. The van der Waals surface area contributed by atoms with Crippen molar-refractivity contribution in [1.82, 2.24) is 5.32 Å². The molecule has 0 spiro atoms. The Kier molecular flexibility index (Phi) is 5.93. The lowest BCUT2D eigenvalue weighted by Crippen LogP contribution is -2.35. The number of carboxylic acids is 1. The summed E-state index contributed by atoms with van der Waals surface area (Å²) in [4.78, 5) is 22.8. The van der Waals surface area contributed by atoms with Gasteiger partial charge in [0.2, 0.25) is 0 Å². The van der Waals surface area contributed by atoms with Gasteiger partial charge in [0.25, 0.3) is 0 Å². The Balaban J connectivity index is 1.88. The SMILES string of the molecule is O=C(NCC1CCCCS1)Nc1cc(Br)cc(C(=O)O)c1. The van der Waals surface area contributed by atoms with E-state index in [2.05, 4.69) is 26.6 Å². The highest BCUT2D eigenvalue weighted by atomic mass is 79.9. The average molecular weight is 373 g/mol. The zero-order chi connectivity index (χ0) is 15.2. The predicted molar refractivity (Wildman–Crippen MR) is 88.2 cm³/mol. The molecule has 2 rings (SSSR count). The summed E-state index contributed by atoms with van der Waals surface area (Å²) in [6, 6.07) is 4.28. The smallest absolute Gasteiger partial charge is 0.335 e. The second-order valence-electron chi connectivity index (χ2n) is 4.86. The second kappa shape index (κ2) is 7.70. The minimum absolute atomic E-state index is 0.127. The molecule has 114 valence electrons. The summed E-state index contributed by atoms with van der Waals surface area (Å²) in [5, 5.41) is 15.0. The van der Waals surface area contributed by atoms with E-state index in [-0.39, 0.29) is 11.6 Å². The first-order chi connectivity index (χ1) is 10.0. The van der Waals surface area contributed by atoms with Gasteiger partial charge >= 0.3 is 12.0 Å². The highest BCUT2D eigenvalue weighted by Gasteiger charge is 2.15. The molecule has 1 aromatic carbocycles. The van der Waals surface area contributed by atoms with Crippen molar-refractivity contribution in [3.05, 3.63) is 28.2 Å². The molecule has 21 heavy (non-hydrogen) atoms. The maximum absolute atomic E-state index is 11.9. The minimum atomic E-state index is -1.03. The zero-order valence-corrected chi connectivity index (χ0v) is 13.8. The van der Waals surface area contributed by atoms with Crippen LogP contribution in [0.15, 0.2) is 22.7 Å². The first kappa shape index (κ1) is 16.2. The Labute approximate surface area is 136 Å².